The molecular formula is C19H30N2O3. The van der Waals surface area contributed by atoms with Crippen molar-refractivity contribution in [1.82, 2.24) is 10.6 Å². The Morgan fingerprint density at radius 1 is 1.38 bits per heavy atom. The molecule has 0 aliphatic carbocycles. The van der Waals surface area contributed by atoms with Crippen LogP contribution in [0.2, 0.25) is 0 Å². The SMILES string of the molecule is CCC(CNC(=O)C1(COC)CCNCC1)Oc1cccc(C)c1. The van der Waals surface area contributed by atoms with Crippen LogP contribution >= 0.6 is 0 Å². The topological polar surface area (TPSA) is 59.6 Å². The fourth-order valence-electron chi connectivity index (χ4n) is 3.16. The van der Waals surface area contributed by atoms with Gasteiger partial charge in [-0.15, -0.1) is 0 Å². The van der Waals surface area contributed by atoms with Crippen LogP contribution in [-0.2, 0) is 9.53 Å². The Bertz CT molecular complexity index is 522. The van der Waals surface area contributed by atoms with Gasteiger partial charge in [0.15, 0.2) is 0 Å². The zero-order chi connectivity index (χ0) is 17.4. The average Bonchev–Trinajstić information content (AvgIpc) is 2.59. The molecule has 1 fully saturated rings. The summed E-state index contributed by atoms with van der Waals surface area (Å²) in [6.07, 6.45) is 2.43. The second kappa shape index (κ2) is 9.04. The summed E-state index contributed by atoms with van der Waals surface area (Å²) in [6, 6.07) is 8.00. The number of piperidine rings is 1. The van der Waals surface area contributed by atoms with Crippen molar-refractivity contribution in [1.29, 1.82) is 0 Å². The van der Waals surface area contributed by atoms with Gasteiger partial charge in [-0.3, -0.25) is 4.79 Å². The zero-order valence-electron chi connectivity index (χ0n) is 15.1. The van der Waals surface area contributed by atoms with Crippen LogP contribution in [-0.4, -0.2) is 45.4 Å². The maximum Gasteiger partial charge on any atom is 0.228 e. The summed E-state index contributed by atoms with van der Waals surface area (Å²) < 4.78 is 11.3. The van der Waals surface area contributed by atoms with E-state index in [-0.39, 0.29) is 12.0 Å². The molecule has 2 N–H and O–H groups in total. The van der Waals surface area contributed by atoms with Gasteiger partial charge in [-0.1, -0.05) is 19.1 Å². The molecule has 0 spiro atoms. The summed E-state index contributed by atoms with van der Waals surface area (Å²) in [7, 11) is 1.66. The Balaban J connectivity index is 1.92. The number of carbonyl (C=O) groups excluding carboxylic acids is 1. The number of ether oxygens (including phenoxy) is 2. The lowest BCUT2D eigenvalue weighted by atomic mass is 9.78. The van der Waals surface area contributed by atoms with Crippen molar-refractivity contribution in [3.05, 3.63) is 29.8 Å². The minimum Gasteiger partial charge on any atom is -0.489 e. The van der Waals surface area contributed by atoms with Crippen LogP contribution in [0.25, 0.3) is 0 Å². The van der Waals surface area contributed by atoms with Crippen molar-refractivity contribution >= 4 is 5.91 Å². The summed E-state index contributed by atoms with van der Waals surface area (Å²) in [5.74, 6) is 0.932. The molecule has 1 unspecified atom stereocenters. The molecule has 1 aliphatic heterocycles. The third-order valence-electron chi connectivity index (χ3n) is 4.70. The molecule has 5 heteroatoms. The van der Waals surface area contributed by atoms with Gasteiger partial charge in [-0.25, -0.2) is 0 Å². The molecule has 1 aliphatic rings. The van der Waals surface area contributed by atoms with E-state index in [0.29, 0.717) is 13.2 Å². The van der Waals surface area contributed by atoms with Crippen molar-refractivity contribution in [2.45, 2.75) is 39.2 Å². The molecule has 2 rings (SSSR count). The molecule has 0 saturated carbocycles. The second-order valence-corrected chi connectivity index (χ2v) is 6.64. The number of aryl methyl sites for hydroxylation is 1. The molecule has 1 aromatic rings. The lowest BCUT2D eigenvalue weighted by molar-refractivity contribution is -0.136. The smallest absolute Gasteiger partial charge is 0.228 e. The van der Waals surface area contributed by atoms with Gasteiger partial charge in [0.25, 0.3) is 0 Å². The summed E-state index contributed by atoms with van der Waals surface area (Å²) in [5.41, 5.74) is 0.752. The first-order valence-corrected chi connectivity index (χ1v) is 8.81. The van der Waals surface area contributed by atoms with E-state index in [1.54, 1.807) is 7.11 Å². The van der Waals surface area contributed by atoms with Gasteiger partial charge in [-0.05, 0) is 57.0 Å². The Hall–Kier alpha value is -1.59. The number of methoxy groups -OCH3 is 1. The van der Waals surface area contributed by atoms with E-state index < -0.39 is 5.41 Å². The number of carbonyl (C=O) groups is 1. The van der Waals surface area contributed by atoms with E-state index in [4.69, 9.17) is 9.47 Å². The first-order valence-electron chi connectivity index (χ1n) is 8.81. The number of benzene rings is 1. The Kier molecular flexibility index (Phi) is 7.06. The predicted octanol–water partition coefficient (Wildman–Crippen LogP) is 2.28. The third kappa shape index (κ3) is 4.95. The quantitative estimate of drug-likeness (QED) is 0.766. The molecule has 1 heterocycles. The van der Waals surface area contributed by atoms with Gasteiger partial charge >= 0.3 is 0 Å². The van der Waals surface area contributed by atoms with Crippen LogP contribution in [0.4, 0.5) is 0 Å². The number of hydrogen-bond acceptors (Lipinski definition) is 4. The molecule has 134 valence electrons. The average molecular weight is 334 g/mol. The van der Waals surface area contributed by atoms with Crippen molar-refractivity contribution in [3.63, 3.8) is 0 Å². The van der Waals surface area contributed by atoms with Gasteiger partial charge in [0.2, 0.25) is 5.91 Å². The van der Waals surface area contributed by atoms with Crippen molar-refractivity contribution < 1.29 is 14.3 Å². The molecule has 0 bridgehead atoms. The summed E-state index contributed by atoms with van der Waals surface area (Å²) in [4.78, 5) is 12.8. The van der Waals surface area contributed by atoms with Crippen molar-refractivity contribution in [2.24, 2.45) is 5.41 Å². The van der Waals surface area contributed by atoms with Crippen LogP contribution in [0.15, 0.2) is 24.3 Å². The van der Waals surface area contributed by atoms with E-state index in [0.717, 1.165) is 38.1 Å². The maximum absolute atomic E-state index is 12.8. The largest absolute Gasteiger partial charge is 0.489 e. The molecule has 5 nitrogen and oxygen atoms in total. The van der Waals surface area contributed by atoms with Crippen LogP contribution < -0.4 is 15.4 Å². The molecule has 1 aromatic carbocycles. The fourth-order valence-corrected chi connectivity index (χ4v) is 3.16. The third-order valence-corrected chi connectivity index (χ3v) is 4.70. The fraction of sp³-hybridized carbons (Fsp3) is 0.632. The van der Waals surface area contributed by atoms with Gasteiger partial charge in [0.05, 0.1) is 18.6 Å². The van der Waals surface area contributed by atoms with Crippen LogP contribution in [0.3, 0.4) is 0 Å². The van der Waals surface area contributed by atoms with Crippen molar-refractivity contribution in [2.75, 3.05) is 33.4 Å². The minimum absolute atomic E-state index is 0.0305. The number of nitrogens with one attached hydrogen (secondary N) is 2. The Labute approximate surface area is 145 Å². The van der Waals surface area contributed by atoms with Crippen LogP contribution in [0.1, 0.15) is 31.7 Å². The monoisotopic (exact) mass is 334 g/mol. The van der Waals surface area contributed by atoms with Crippen LogP contribution in [0.5, 0.6) is 5.75 Å². The normalized spacial score (nSPS) is 18.0. The zero-order valence-corrected chi connectivity index (χ0v) is 15.1. The molecule has 1 atom stereocenters. The molecule has 0 radical (unpaired) electrons. The maximum atomic E-state index is 12.8. The predicted molar refractivity (Wildman–Crippen MR) is 95.3 cm³/mol. The standard InChI is InChI=1S/C19H30N2O3/c1-4-16(24-17-7-5-6-15(2)12-17)13-21-18(22)19(14-23-3)8-10-20-11-9-19/h5-7,12,16,20H,4,8-11,13-14H2,1-3H3,(H,21,22). The molecular weight excluding hydrogens is 304 g/mol. The van der Waals surface area contributed by atoms with E-state index in [2.05, 4.69) is 17.6 Å². The highest BCUT2D eigenvalue weighted by molar-refractivity contribution is 5.83. The lowest BCUT2D eigenvalue weighted by Crippen LogP contribution is -2.51. The van der Waals surface area contributed by atoms with Crippen LogP contribution in [0, 0.1) is 12.3 Å². The van der Waals surface area contributed by atoms with E-state index in [1.165, 1.54) is 5.56 Å². The van der Waals surface area contributed by atoms with Gasteiger partial charge < -0.3 is 20.1 Å². The highest BCUT2D eigenvalue weighted by Gasteiger charge is 2.39. The highest BCUT2D eigenvalue weighted by Crippen LogP contribution is 2.29. The van der Waals surface area contributed by atoms with E-state index in [1.807, 2.05) is 31.2 Å². The lowest BCUT2D eigenvalue weighted by Gasteiger charge is -2.35. The second-order valence-electron chi connectivity index (χ2n) is 6.64. The Morgan fingerprint density at radius 2 is 2.12 bits per heavy atom. The van der Waals surface area contributed by atoms with E-state index in [9.17, 15) is 4.79 Å². The highest BCUT2D eigenvalue weighted by atomic mass is 16.5. The van der Waals surface area contributed by atoms with E-state index >= 15 is 0 Å². The summed E-state index contributed by atoms with van der Waals surface area (Å²) in [5, 5.41) is 6.40. The first kappa shape index (κ1) is 18.7. The Morgan fingerprint density at radius 3 is 2.75 bits per heavy atom. The number of hydrogen-bond donors (Lipinski definition) is 2. The summed E-state index contributed by atoms with van der Waals surface area (Å²) >= 11 is 0. The molecule has 1 amide bonds. The number of amides is 1. The van der Waals surface area contributed by atoms with Crippen molar-refractivity contribution in [3.8, 4) is 5.75 Å². The first-order chi connectivity index (χ1) is 11.6. The van der Waals surface area contributed by atoms with Gasteiger partial charge in [-0.2, -0.15) is 0 Å². The molecule has 0 aromatic heterocycles. The minimum atomic E-state index is -0.415. The molecule has 1 saturated heterocycles. The van der Waals surface area contributed by atoms with Gasteiger partial charge in [0.1, 0.15) is 11.9 Å². The number of rotatable bonds is 8. The van der Waals surface area contributed by atoms with Gasteiger partial charge in [0, 0.05) is 7.11 Å². The molecule has 24 heavy (non-hydrogen) atoms. The summed E-state index contributed by atoms with van der Waals surface area (Å²) in [6.45, 7) is 6.81.